The van der Waals surface area contributed by atoms with Gasteiger partial charge in [0.25, 0.3) is 0 Å². The number of benzene rings is 3. The Kier molecular flexibility index (Phi) is 21.6. The van der Waals surface area contributed by atoms with Crippen LogP contribution in [0.3, 0.4) is 0 Å². The highest BCUT2D eigenvalue weighted by atomic mass is 16.5. The maximum atomic E-state index is 12.8. The maximum absolute atomic E-state index is 12.8. The summed E-state index contributed by atoms with van der Waals surface area (Å²) in [5, 5.41) is 10.4. The minimum Gasteiger partial charge on any atom is -0.507 e. The van der Waals surface area contributed by atoms with Crippen molar-refractivity contribution in [2.24, 2.45) is 17.8 Å². The number of rotatable bonds is 27. The van der Waals surface area contributed by atoms with E-state index >= 15 is 0 Å². The fraction of sp³-hybridized carbons (Fsp3) is 0.519. The molecule has 0 radical (unpaired) electrons. The summed E-state index contributed by atoms with van der Waals surface area (Å²) in [6, 6.07) is 20.7. The molecule has 0 aliphatic heterocycles. The van der Waals surface area contributed by atoms with Crippen LogP contribution >= 0.6 is 0 Å². The molecule has 0 spiro atoms. The van der Waals surface area contributed by atoms with Crippen LogP contribution in [-0.4, -0.2) is 36.0 Å². The lowest BCUT2D eigenvalue weighted by molar-refractivity contribution is -0.139. The van der Waals surface area contributed by atoms with Crippen LogP contribution in [0.5, 0.6) is 17.2 Å². The molecular formula is C52H70O8. The third-order valence-electron chi connectivity index (χ3n) is 11.6. The number of hydrogen-bond donors (Lipinski definition) is 1. The van der Waals surface area contributed by atoms with Gasteiger partial charge in [-0.3, -0.25) is 9.59 Å². The Bertz CT molecular complexity index is 1790. The number of esters is 2. The van der Waals surface area contributed by atoms with E-state index in [4.69, 9.17) is 18.9 Å². The maximum Gasteiger partial charge on any atom is 0.343 e. The first-order valence-corrected chi connectivity index (χ1v) is 22.7. The molecule has 1 N–H and O–H groups in total. The molecule has 1 atom stereocenters. The quantitative estimate of drug-likeness (QED) is 0.0266. The third kappa shape index (κ3) is 17.4. The van der Waals surface area contributed by atoms with Crippen LogP contribution in [0.25, 0.3) is 0 Å². The summed E-state index contributed by atoms with van der Waals surface area (Å²) in [7, 11) is 0. The van der Waals surface area contributed by atoms with Crippen LogP contribution in [0.4, 0.5) is 0 Å². The molecule has 0 saturated heterocycles. The van der Waals surface area contributed by atoms with Crippen LogP contribution in [0.2, 0.25) is 0 Å². The average molecular weight is 823 g/mol. The monoisotopic (exact) mass is 823 g/mol. The molecular weight excluding hydrogens is 753 g/mol. The van der Waals surface area contributed by atoms with Gasteiger partial charge in [-0.25, -0.2) is 4.79 Å². The van der Waals surface area contributed by atoms with E-state index < -0.39 is 5.97 Å². The van der Waals surface area contributed by atoms with Crippen molar-refractivity contribution in [3.05, 3.63) is 113 Å². The average Bonchev–Trinajstić information content (AvgIpc) is 3.25. The van der Waals surface area contributed by atoms with Crippen LogP contribution in [0.1, 0.15) is 170 Å². The second-order valence-corrected chi connectivity index (χ2v) is 16.5. The summed E-state index contributed by atoms with van der Waals surface area (Å²) < 4.78 is 22.8. The summed E-state index contributed by atoms with van der Waals surface area (Å²) in [6.45, 7) is 9.10. The van der Waals surface area contributed by atoms with E-state index in [0.29, 0.717) is 59.7 Å². The number of carbonyl (C=O) groups is 3. The van der Waals surface area contributed by atoms with E-state index in [-0.39, 0.29) is 23.1 Å². The van der Waals surface area contributed by atoms with Gasteiger partial charge < -0.3 is 24.1 Å². The number of allylic oxidation sites excluding steroid dienone is 4. The molecule has 8 nitrogen and oxygen atoms in total. The molecule has 0 aromatic heterocycles. The molecule has 3 aromatic rings. The highest BCUT2D eigenvalue weighted by molar-refractivity contribution is 6.10. The van der Waals surface area contributed by atoms with Gasteiger partial charge in [-0.15, -0.1) is 0 Å². The SMILES string of the molecule is CCCCCC1CCC(C(CCC)CCC(=O)O/C(C)=C/C=C(\C)OC(=O)c2ccc(OCCCCCCCCOc3ccc(C(=O)c4ccccc4)c(O)c3)cc2)CC1. The first-order chi connectivity index (χ1) is 29.2. The standard InChI is InChI=1S/C52H70O8/c1-5-7-13-19-41-24-26-43(27-25-41)42(18-6-2)30-35-50(54)59-39(3)22-23-40(4)60-52(56)45-28-31-46(32-29-45)57-36-16-10-8-9-11-17-37-58-47-33-34-48(49(53)38-47)51(55)44-20-14-12-15-21-44/h12,14-15,20-23,28-29,31-34,38,41-43,53H,5-11,13,16-19,24-27,30,35-37H2,1-4H3/b39-22+,40-23+. The van der Waals surface area contributed by atoms with Crippen molar-refractivity contribution in [3.8, 4) is 17.2 Å². The van der Waals surface area contributed by atoms with Crippen molar-refractivity contribution in [2.45, 2.75) is 143 Å². The fourth-order valence-corrected chi connectivity index (χ4v) is 8.18. The Balaban J connectivity index is 1.04. The van der Waals surface area contributed by atoms with Gasteiger partial charge >= 0.3 is 11.9 Å². The molecule has 8 heteroatoms. The number of ketones is 1. The number of carbonyl (C=O) groups excluding carboxylic acids is 3. The lowest BCUT2D eigenvalue weighted by Crippen LogP contribution is -2.23. The van der Waals surface area contributed by atoms with Crippen molar-refractivity contribution in [1.82, 2.24) is 0 Å². The largest absolute Gasteiger partial charge is 0.507 e. The number of aromatic hydroxyl groups is 1. The molecule has 1 aliphatic rings. The number of hydrogen-bond acceptors (Lipinski definition) is 8. The Morgan fingerprint density at radius 2 is 1.28 bits per heavy atom. The normalized spacial score (nSPS) is 16.2. The van der Waals surface area contributed by atoms with E-state index in [1.165, 1.54) is 63.9 Å². The molecule has 1 aliphatic carbocycles. The molecule has 0 heterocycles. The summed E-state index contributed by atoms with van der Waals surface area (Å²) in [5.74, 6) is 3.36. The Hall–Kier alpha value is -4.85. The molecule has 326 valence electrons. The van der Waals surface area contributed by atoms with Crippen molar-refractivity contribution in [2.75, 3.05) is 13.2 Å². The molecule has 60 heavy (non-hydrogen) atoms. The van der Waals surface area contributed by atoms with Crippen molar-refractivity contribution >= 4 is 17.7 Å². The second kappa shape index (κ2) is 27.1. The van der Waals surface area contributed by atoms with E-state index in [1.54, 1.807) is 86.7 Å². The number of unbranched alkanes of at least 4 members (excludes halogenated alkanes) is 7. The summed E-state index contributed by atoms with van der Waals surface area (Å²) in [4.78, 5) is 38.1. The number of ether oxygens (including phenoxy) is 4. The Morgan fingerprint density at radius 1 is 0.667 bits per heavy atom. The number of phenols is 1. The lowest BCUT2D eigenvalue weighted by Gasteiger charge is -2.34. The van der Waals surface area contributed by atoms with Gasteiger partial charge in [-0.2, -0.15) is 0 Å². The van der Waals surface area contributed by atoms with E-state index in [0.717, 1.165) is 63.2 Å². The van der Waals surface area contributed by atoms with Crippen LogP contribution in [0.15, 0.2) is 96.5 Å². The van der Waals surface area contributed by atoms with Crippen molar-refractivity contribution in [1.29, 1.82) is 0 Å². The summed E-state index contributed by atoms with van der Waals surface area (Å²) in [5.41, 5.74) is 1.21. The third-order valence-corrected chi connectivity index (χ3v) is 11.6. The predicted octanol–water partition coefficient (Wildman–Crippen LogP) is 13.5. The molecule has 4 rings (SSSR count). The van der Waals surface area contributed by atoms with Crippen molar-refractivity contribution < 1.29 is 38.4 Å². The van der Waals surface area contributed by atoms with Crippen molar-refractivity contribution in [3.63, 3.8) is 0 Å². The molecule has 3 aromatic carbocycles. The molecule has 0 amide bonds. The highest BCUT2D eigenvalue weighted by Gasteiger charge is 2.27. The highest BCUT2D eigenvalue weighted by Crippen LogP contribution is 2.39. The Labute approximate surface area is 359 Å². The van der Waals surface area contributed by atoms with Gasteiger partial charge in [-0.1, -0.05) is 121 Å². The summed E-state index contributed by atoms with van der Waals surface area (Å²) in [6.07, 6.45) is 23.7. The van der Waals surface area contributed by atoms with E-state index in [1.807, 2.05) is 6.07 Å². The van der Waals surface area contributed by atoms with E-state index in [2.05, 4.69) is 13.8 Å². The molecule has 1 unspecified atom stereocenters. The van der Waals surface area contributed by atoms with Crippen LogP contribution < -0.4 is 9.47 Å². The van der Waals surface area contributed by atoms with Gasteiger partial charge in [0.1, 0.15) is 28.8 Å². The fourth-order valence-electron chi connectivity index (χ4n) is 8.18. The molecule has 1 saturated carbocycles. The van der Waals surface area contributed by atoms with Gasteiger partial charge in [0, 0.05) is 18.1 Å². The van der Waals surface area contributed by atoms with Crippen LogP contribution in [-0.2, 0) is 14.3 Å². The minimum atomic E-state index is -0.466. The predicted molar refractivity (Wildman–Crippen MR) is 239 cm³/mol. The molecule has 0 bridgehead atoms. The lowest BCUT2D eigenvalue weighted by atomic mass is 9.72. The smallest absolute Gasteiger partial charge is 0.343 e. The zero-order chi connectivity index (χ0) is 43.0. The van der Waals surface area contributed by atoms with E-state index in [9.17, 15) is 19.5 Å². The topological polar surface area (TPSA) is 108 Å². The minimum absolute atomic E-state index is 0.0816. The van der Waals surface area contributed by atoms with Gasteiger partial charge in [0.15, 0.2) is 5.78 Å². The van der Waals surface area contributed by atoms with Gasteiger partial charge in [-0.05, 0) is 112 Å². The summed E-state index contributed by atoms with van der Waals surface area (Å²) >= 11 is 0. The first-order valence-electron chi connectivity index (χ1n) is 22.7. The first kappa shape index (κ1) is 47.8. The second-order valence-electron chi connectivity index (χ2n) is 16.5. The molecule has 1 fully saturated rings. The van der Waals surface area contributed by atoms with Gasteiger partial charge in [0.05, 0.1) is 24.3 Å². The number of phenolic OH excluding ortho intramolecular Hbond substituents is 1. The Morgan fingerprint density at radius 3 is 1.92 bits per heavy atom. The van der Waals surface area contributed by atoms with Gasteiger partial charge in [0.2, 0.25) is 0 Å². The zero-order valence-electron chi connectivity index (χ0n) is 36.8. The zero-order valence-corrected chi connectivity index (χ0v) is 36.8. The van der Waals surface area contributed by atoms with Crippen LogP contribution in [0, 0.1) is 17.8 Å².